The molecule has 0 radical (unpaired) electrons. The molecule has 7 nitrogen and oxygen atoms in total. The molecule has 4 rings (SSSR count). The average molecular weight is 553 g/mol. The number of urea groups is 1. The van der Waals surface area contributed by atoms with Crippen molar-refractivity contribution < 1.29 is 27.0 Å². The highest BCUT2D eigenvalue weighted by atomic mass is 35.5. The second kappa shape index (κ2) is 10.5. The second-order valence-electron chi connectivity index (χ2n) is 8.67. The summed E-state index contributed by atoms with van der Waals surface area (Å²) in [4.78, 5) is 26.7. The topological polar surface area (TPSA) is 105 Å². The quantitative estimate of drug-likeness (QED) is 0.347. The molecular weight excluding hydrogens is 529 g/mol. The van der Waals surface area contributed by atoms with Gasteiger partial charge in [0.2, 0.25) is 5.91 Å². The van der Waals surface area contributed by atoms with Gasteiger partial charge >= 0.3 is 6.03 Å². The second-order valence-corrected chi connectivity index (χ2v) is 11.6. The predicted molar refractivity (Wildman–Crippen MR) is 139 cm³/mol. The van der Waals surface area contributed by atoms with Gasteiger partial charge in [0.15, 0.2) is 11.6 Å². The molecule has 12 heteroatoms. The number of anilines is 2. The molecule has 1 saturated heterocycles. The van der Waals surface area contributed by atoms with Crippen LogP contribution < -0.4 is 20.7 Å². The van der Waals surface area contributed by atoms with Crippen molar-refractivity contribution in [3.05, 3.63) is 77.1 Å². The molecule has 4 N–H and O–H groups in total. The summed E-state index contributed by atoms with van der Waals surface area (Å²) in [5, 5.41) is 10.7. The molecule has 0 spiro atoms. The molecular formula is C25H24ClF3N4O3S. The van der Waals surface area contributed by atoms with Crippen LogP contribution in [0.5, 0.6) is 0 Å². The number of benzene rings is 3. The molecule has 1 fully saturated rings. The van der Waals surface area contributed by atoms with Gasteiger partial charge in [-0.05, 0) is 59.4 Å². The largest absolute Gasteiger partial charge is 0.326 e. The fourth-order valence-corrected chi connectivity index (χ4v) is 5.41. The lowest BCUT2D eigenvalue weighted by Gasteiger charge is -2.33. The average Bonchev–Trinajstić information content (AvgIpc) is 2.84. The molecule has 1 heterocycles. The molecule has 1 atom stereocenters. The van der Waals surface area contributed by atoms with Crippen LogP contribution in [-0.2, 0) is 14.9 Å². The van der Waals surface area contributed by atoms with Gasteiger partial charge in [0.25, 0.3) is 0 Å². The molecule has 0 bridgehead atoms. The number of carbonyl (C=O) groups is 2. The van der Waals surface area contributed by atoms with Crippen LogP contribution in [0, 0.1) is 17.5 Å². The molecule has 0 aliphatic carbocycles. The summed E-state index contributed by atoms with van der Waals surface area (Å²) in [6.07, 6.45) is 1.97. The Labute approximate surface area is 217 Å². The summed E-state index contributed by atoms with van der Waals surface area (Å²) in [6.45, 7) is 0.101. The van der Waals surface area contributed by atoms with Gasteiger partial charge < -0.3 is 15.5 Å². The van der Waals surface area contributed by atoms with Crippen LogP contribution in [0.15, 0.2) is 59.5 Å². The first kappa shape index (κ1) is 26.6. The van der Waals surface area contributed by atoms with E-state index in [9.17, 15) is 18.2 Å². The Morgan fingerprint density at radius 3 is 2.51 bits per heavy atom. The van der Waals surface area contributed by atoms with Crippen LogP contribution in [0.2, 0.25) is 5.02 Å². The zero-order valence-corrected chi connectivity index (χ0v) is 21.3. The molecule has 1 aliphatic rings. The fourth-order valence-electron chi connectivity index (χ4n) is 4.20. The van der Waals surface area contributed by atoms with E-state index in [1.807, 2.05) is 0 Å². The van der Waals surface area contributed by atoms with Crippen molar-refractivity contribution in [2.24, 2.45) is 5.14 Å². The SMILES string of the molecule is C[SH](N)(=O)c1ccccc1-c1ccc(N2CCC[C@@H](NC(=O)Nc3ccc(Cl)cc3F)C2=O)c(F)c1F. The Morgan fingerprint density at radius 1 is 1.08 bits per heavy atom. The third-order valence-electron chi connectivity index (χ3n) is 5.95. The van der Waals surface area contributed by atoms with E-state index >= 15 is 8.78 Å². The van der Waals surface area contributed by atoms with Gasteiger partial charge in [0.05, 0.1) is 11.4 Å². The van der Waals surface area contributed by atoms with Gasteiger partial charge in [0.1, 0.15) is 11.9 Å². The number of amides is 3. The lowest BCUT2D eigenvalue weighted by molar-refractivity contribution is -0.121. The van der Waals surface area contributed by atoms with Crippen molar-refractivity contribution in [2.75, 3.05) is 23.0 Å². The summed E-state index contributed by atoms with van der Waals surface area (Å²) in [5.41, 5.74) is -0.394. The van der Waals surface area contributed by atoms with E-state index in [2.05, 4.69) is 10.6 Å². The molecule has 0 aromatic heterocycles. The van der Waals surface area contributed by atoms with E-state index in [4.69, 9.17) is 16.7 Å². The van der Waals surface area contributed by atoms with Crippen LogP contribution in [0.3, 0.4) is 0 Å². The molecule has 3 aromatic rings. The Balaban J connectivity index is 1.56. The highest BCUT2D eigenvalue weighted by Gasteiger charge is 2.33. The van der Waals surface area contributed by atoms with Crippen LogP contribution in [0.25, 0.3) is 11.1 Å². The first-order valence-electron chi connectivity index (χ1n) is 11.3. The van der Waals surface area contributed by atoms with Crippen LogP contribution in [0.1, 0.15) is 12.8 Å². The number of piperidine rings is 1. The number of thiol groups is 1. The molecule has 196 valence electrons. The number of hydrogen-bond acceptors (Lipinski definition) is 3. The lowest BCUT2D eigenvalue weighted by atomic mass is 10.0. The number of hydrogen-bond donors (Lipinski definition) is 4. The van der Waals surface area contributed by atoms with Crippen molar-refractivity contribution in [1.29, 1.82) is 0 Å². The van der Waals surface area contributed by atoms with Crippen LogP contribution in [0.4, 0.5) is 29.3 Å². The van der Waals surface area contributed by atoms with Crippen molar-refractivity contribution >= 4 is 45.0 Å². The summed E-state index contributed by atoms with van der Waals surface area (Å²) in [5.74, 6) is -3.90. The first-order chi connectivity index (χ1) is 17.5. The van der Waals surface area contributed by atoms with Gasteiger partial charge in [-0.1, -0.05) is 29.8 Å². The van der Waals surface area contributed by atoms with E-state index < -0.39 is 45.6 Å². The molecule has 0 unspecified atom stereocenters. The van der Waals surface area contributed by atoms with Crippen molar-refractivity contribution in [2.45, 2.75) is 23.8 Å². The number of carbonyl (C=O) groups excluding carboxylic acids is 2. The molecule has 1 aliphatic heterocycles. The maximum atomic E-state index is 15.3. The smallest absolute Gasteiger partial charge is 0.319 e. The molecule has 0 saturated carbocycles. The summed E-state index contributed by atoms with van der Waals surface area (Å²) in [7, 11) is -3.29. The van der Waals surface area contributed by atoms with Gasteiger partial charge in [-0.15, -0.1) is 0 Å². The molecule has 37 heavy (non-hydrogen) atoms. The highest BCUT2D eigenvalue weighted by molar-refractivity contribution is 8.00. The minimum atomic E-state index is -3.29. The molecule has 3 amide bonds. The monoisotopic (exact) mass is 552 g/mol. The standard InChI is InChI=1S/C25H24ClF3N4O3S/c1-37(30,36)21-7-3-2-5-15(21)16-9-11-20(23(29)22(16)28)33-12-4-6-19(24(33)34)32-25(35)31-18-10-8-14(26)13-17(18)27/h2-3,5,7-11,13,19,37H,4,6,12H2,1H3,(H2,30,36)(H2,31,32,35)/t19-/m1/s1. The normalized spacial score (nSPS) is 16.4. The number of nitrogens with one attached hydrogen (secondary N) is 2. The minimum absolute atomic E-state index is 0.101. The fraction of sp³-hybridized carbons (Fsp3) is 0.200. The number of rotatable bonds is 5. The van der Waals surface area contributed by atoms with Crippen molar-refractivity contribution in [3.8, 4) is 11.1 Å². The van der Waals surface area contributed by atoms with E-state index in [0.717, 1.165) is 11.0 Å². The summed E-state index contributed by atoms with van der Waals surface area (Å²) >= 11 is 5.70. The van der Waals surface area contributed by atoms with Crippen LogP contribution >= 0.6 is 11.6 Å². The third-order valence-corrected chi connectivity index (χ3v) is 7.53. The number of nitrogens with two attached hydrogens (primary N) is 1. The zero-order chi connectivity index (χ0) is 26.9. The highest BCUT2D eigenvalue weighted by Crippen LogP contribution is 2.35. The Bertz CT molecular complexity index is 1430. The van der Waals surface area contributed by atoms with E-state index in [-0.39, 0.29) is 45.4 Å². The number of halogens is 4. The maximum Gasteiger partial charge on any atom is 0.319 e. The van der Waals surface area contributed by atoms with Gasteiger partial charge in [-0.25, -0.2) is 18.0 Å². The predicted octanol–water partition coefficient (Wildman–Crippen LogP) is 4.62. The molecule has 3 aromatic carbocycles. The summed E-state index contributed by atoms with van der Waals surface area (Å²) < 4.78 is 57.0. The van der Waals surface area contributed by atoms with E-state index in [0.29, 0.717) is 6.42 Å². The van der Waals surface area contributed by atoms with Crippen molar-refractivity contribution in [3.63, 3.8) is 0 Å². The van der Waals surface area contributed by atoms with E-state index in [1.165, 1.54) is 42.7 Å². The van der Waals surface area contributed by atoms with Gasteiger partial charge in [-0.3, -0.25) is 14.1 Å². The minimum Gasteiger partial charge on any atom is -0.326 e. The first-order valence-corrected chi connectivity index (χ1v) is 13.9. The van der Waals surface area contributed by atoms with Gasteiger partial charge in [0, 0.05) is 33.8 Å². The Kier molecular flexibility index (Phi) is 7.58. The third kappa shape index (κ3) is 5.63. The number of nitrogens with zero attached hydrogens (tertiary/aromatic N) is 1. The summed E-state index contributed by atoms with van der Waals surface area (Å²) in [6, 6.07) is 10.5. The Morgan fingerprint density at radius 2 is 1.81 bits per heavy atom. The van der Waals surface area contributed by atoms with Crippen LogP contribution in [-0.4, -0.2) is 35.0 Å². The van der Waals surface area contributed by atoms with E-state index in [1.54, 1.807) is 12.1 Å². The maximum absolute atomic E-state index is 15.3. The van der Waals surface area contributed by atoms with Gasteiger partial charge in [-0.2, -0.15) is 0 Å². The Hall–Kier alpha value is -3.41. The van der Waals surface area contributed by atoms with Crippen molar-refractivity contribution in [1.82, 2.24) is 5.32 Å². The lowest BCUT2D eigenvalue weighted by Crippen LogP contribution is -2.53. The zero-order valence-electron chi connectivity index (χ0n) is 19.6.